The van der Waals surface area contributed by atoms with Gasteiger partial charge in [0.2, 0.25) is 0 Å². The molecule has 1 aromatic heterocycles. The molecule has 0 saturated carbocycles. The number of esters is 4. The Bertz CT molecular complexity index is 1630. The number of halogens is 3. The van der Waals surface area contributed by atoms with Crippen molar-refractivity contribution in [2.75, 3.05) is 6.61 Å². The molecule has 2 heterocycles. The van der Waals surface area contributed by atoms with Gasteiger partial charge in [0.25, 0.3) is 6.43 Å². The minimum absolute atomic E-state index is 0.139. The number of aliphatic hydroxyl groups excluding tert-OH is 1. The summed E-state index contributed by atoms with van der Waals surface area (Å²) in [5, 5.41) is 11.9. The second-order valence-corrected chi connectivity index (χ2v) is 10.0. The van der Waals surface area contributed by atoms with Gasteiger partial charge in [0, 0.05) is 55.8 Å². The summed E-state index contributed by atoms with van der Waals surface area (Å²) < 4.78 is 85.0. The first kappa shape index (κ1) is 27.5. The van der Waals surface area contributed by atoms with Crippen LogP contribution in [0.5, 0.6) is 0 Å². The molecular formula is C30H30ClF2NO10. The number of hydrogen-bond donors (Lipinski definition) is 1. The summed E-state index contributed by atoms with van der Waals surface area (Å²) in [6, 6.07) is 9.53. The van der Waals surface area contributed by atoms with Crippen molar-refractivity contribution in [1.82, 2.24) is 4.57 Å². The van der Waals surface area contributed by atoms with Gasteiger partial charge in [-0.3, -0.25) is 19.2 Å². The Morgan fingerprint density at radius 2 is 1.50 bits per heavy atom. The SMILES string of the molecule is [2H]CC(=O)OC[C@H]1OC(n2cc(C(O)c3ccc(C(F)F)cc3)c3c(Cl)cccc32)[C@H](OC(=O)C[2H])[C@@H](OC(=O)C[2H])[C@@H]1OC(=O)C[2H]. The molecule has 4 rings (SSSR count). The molecule has 1 fully saturated rings. The van der Waals surface area contributed by atoms with E-state index in [4.69, 9.17) is 40.8 Å². The highest BCUT2D eigenvalue weighted by Crippen LogP contribution is 2.41. The fourth-order valence-electron chi connectivity index (χ4n) is 5.00. The van der Waals surface area contributed by atoms with E-state index < -0.39 is 101 Å². The Morgan fingerprint density at radius 3 is 2.11 bits per heavy atom. The Hall–Kier alpha value is -4.07. The number of rotatable bonds is 9. The minimum Gasteiger partial charge on any atom is -0.463 e. The Kier molecular flexibility index (Phi) is 8.56. The lowest BCUT2D eigenvalue weighted by Crippen LogP contribution is -2.60. The number of carbonyl (C=O) groups is 4. The average Bonchev–Trinajstić information content (AvgIpc) is 3.48. The zero-order valence-corrected chi connectivity index (χ0v) is 23.7. The number of aliphatic hydroxyl groups is 1. The summed E-state index contributed by atoms with van der Waals surface area (Å²) in [6.45, 7) is -4.17. The molecule has 11 nitrogen and oxygen atoms in total. The van der Waals surface area contributed by atoms with Crippen molar-refractivity contribution in [2.45, 2.75) is 70.8 Å². The molecule has 2 aromatic carbocycles. The van der Waals surface area contributed by atoms with Gasteiger partial charge < -0.3 is 33.4 Å². The number of hydrogen-bond acceptors (Lipinski definition) is 10. The van der Waals surface area contributed by atoms with Crippen LogP contribution < -0.4 is 0 Å². The lowest BCUT2D eigenvalue weighted by atomic mass is 9.97. The number of benzene rings is 2. The molecular weight excluding hydrogens is 608 g/mol. The number of aromatic nitrogens is 1. The number of alkyl halides is 2. The van der Waals surface area contributed by atoms with Crippen LogP contribution in [0.3, 0.4) is 0 Å². The zero-order chi connectivity index (χ0) is 35.1. The molecule has 1 aliphatic rings. The monoisotopic (exact) mass is 641 g/mol. The molecule has 236 valence electrons. The van der Waals surface area contributed by atoms with Gasteiger partial charge in [-0.25, -0.2) is 8.78 Å². The maximum atomic E-state index is 13.2. The van der Waals surface area contributed by atoms with E-state index in [2.05, 4.69) is 0 Å². The Balaban J connectivity index is 1.91. The highest BCUT2D eigenvalue weighted by atomic mass is 35.5. The third-order valence-corrected chi connectivity index (χ3v) is 7.05. The fraction of sp³-hybridized carbons (Fsp3) is 0.400. The van der Waals surface area contributed by atoms with E-state index in [9.17, 15) is 33.1 Å². The molecule has 0 radical (unpaired) electrons. The van der Waals surface area contributed by atoms with Crippen molar-refractivity contribution in [3.8, 4) is 0 Å². The predicted molar refractivity (Wildman–Crippen MR) is 150 cm³/mol. The normalized spacial score (nSPS) is 23.5. The summed E-state index contributed by atoms with van der Waals surface area (Å²) >= 11 is 6.58. The van der Waals surface area contributed by atoms with Crippen LogP contribution in [-0.4, -0.2) is 64.6 Å². The van der Waals surface area contributed by atoms with Crippen LogP contribution in [0.4, 0.5) is 8.78 Å². The van der Waals surface area contributed by atoms with E-state index in [-0.39, 0.29) is 32.6 Å². The molecule has 2 unspecified atom stereocenters. The molecule has 6 atom stereocenters. The van der Waals surface area contributed by atoms with Gasteiger partial charge in [-0.2, -0.15) is 0 Å². The Labute approximate surface area is 261 Å². The van der Waals surface area contributed by atoms with E-state index in [0.29, 0.717) is 0 Å². The first-order chi connectivity index (χ1) is 22.9. The van der Waals surface area contributed by atoms with Crippen molar-refractivity contribution in [1.29, 1.82) is 0 Å². The molecule has 0 bridgehead atoms. The quantitative estimate of drug-likeness (QED) is 0.261. The zero-order valence-electron chi connectivity index (χ0n) is 26.9. The van der Waals surface area contributed by atoms with Gasteiger partial charge in [0.1, 0.15) is 18.8 Å². The van der Waals surface area contributed by atoms with Gasteiger partial charge in [-0.15, -0.1) is 0 Å². The Morgan fingerprint density at radius 1 is 0.909 bits per heavy atom. The van der Waals surface area contributed by atoms with Crippen molar-refractivity contribution in [3.05, 3.63) is 70.4 Å². The molecule has 0 spiro atoms. The van der Waals surface area contributed by atoms with Crippen LogP contribution in [0, 0.1) is 0 Å². The summed E-state index contributed by atoms with van der Waals surface area (Å²) in [7, 11) is 0. The van der Waals surface area contributed by atoms with Gasteiger partial charge in [-0.05, 0) is 17.7 Å². The van der Waals surface area contributed by atoms with Gasteiger partial charge in [0.05, 0.1) is 10.5 Å². The second-order valence-electron chi connectivity index (χ2n) is 9.61. The number of nitrogens with zero attached hydrogens (tertiary/aromatic N) is 1. The van der Waals surface area contributed by atoms with Crippen molar-refractivity contribution >= 4 is 46.4 Å². The topological polar surface area (TPSA) is 140 Å². The van der Waals surface area contributed by atoms with Crippen LogP contribution in [-0.2, 0) is 42.9 Å². The maximum Gasteiger partial charge on any atom is 0.303 e. The largest absolute Gasteiger partial charge is 0.463 e. The fourth-order valence-corrected chi connectivity index (χ4v) is 5.28. The summed E-state index contributed by atoms with van der Waals surface area (Å²) in [5.41, 5.74) is 0.345. The van der Waals surface area contributed by atoms with Crippen LogP contribution >= 0.6 is 11.6 Å². The third-order valence-electron chi connectivity index (χ3n) is 6.73. The molecule has 1 aliphatic heterocycles. The first-order valence-corrected chi connectivity index (χ1v) is 13.2. The highest BCUT2D eigenvalue weighted by molar-refractivity contribution is 6.35. The molecule has 44 heavy (non-hydrogen) atoms. The standard InChI is InChI=1S/C30H30ClF2NO10/c1-14(35)40-13-23-26(41-15(2)36)27(42-16(3)37)28(43-17(4)38)30(44-23)34-12-20(24-21(31)6-5-7-22(24)34)25(39)18-8-10-19(11-9-18)29(32)33/h5-12,23,25-30,39H,13H2,1-4H3/t23-,25?,26-,27+,28-,30?/m1/s1/i1D,2D,3D,4D. The van der Waals surface area contributed by atoms with Crippen molar-refractivity contribution in [3.63, 3.8) is 0 Å². The lowest BCUT2D eigenvalue weighted by Gasteiger charge is -2.44. The smallest absolute Gasteiger partial charge is 0.303 e. The lowest BCUT2D eigenvalue weighted by molar-refractivity contribution is -0.267. The highest BCUT2D eigenvalue weighted by Gasteiger charge is 2.53. The molecule has 3 aromatic rings. The molecule has 1 saturated heterocycles. The molecule has 0 aliphatic carbocycles. The van der Waals surface area contributed by atoms with Crippen molar-refractivity contribution < 1.29 is 62.2 Å². The van der Waals surface area contributed by atoms with Gasteiger partial charge in [0.15, 0.2) is 24.5 Å². The van der Waals surface area contributed by atoms with E-state index in [1.54, 1.807) is 12.1 Å². The summed E-state index contributed by atoms with van der Waals surface area (Å²) in [6.07, 6.45) is -11.0. The maximum absolute atomic E-state index is 13.2. The third kappa shape index (κ3) is 7.17. The minimum atomic E-state index is -2.74. The van der Waals surface area contributed by atoms with E-state index in [1.165, 1.54) is 29.0 Å². The second kappa shape index (κ2) is 13.7. The average molecular weight is 642 g/mol. The summed E-state index contributed by atoms with van der Waals surface area (Å²) in [4.78, 5) is 49.3. The summed E-state index contributed by atoms with van der Waals surface area (Å²) in [5.74, 6) is -4.40. The van der Waals surface area contributed by atoms with Crippen LogP contribution in [0.15, 0.2) is 48.7 Å². The van der Waals surface area contributed by atoms with Crippen LogP contribution in [0.25, 0.3) is 10.9 Å². The van der Waals surface area contributed by atoms with E-state index in [1.807, 2.05) is 0 Å². The van der Waals surface area contributed by atoms with Crippen LogP contribution in [0.1, 0.15) is 68.5 Å². The molecule has 14 heteroatoms. The molecule has 1 N–H and O–H groups in total. The first-order valence-electron chi connectivity index (χ1n) is 15.7. The van der Waals surface area contributed by atoms with E-state index in [0.717, 1.165) is 12.1 Å². The van der Waals surface area contributed by atoms with E-state index >= 15 is 0 Å². The van der Waals surface area contributed by atoms with Crippen LogP contribution in [0.2, 0.25) is 5.02 Å². The molecule has 0 amide bonds. The number of carbonyl (C=O) groups excluding carboxylic acids is 4. The van der Waals surface area contributed by atoms with Crippen molar-refractivity contribution in [2.24, 2.45) is 0 Å². The number of ether oxygens (including phenoxy) is 5. The predicted octanol–water partition coefficient (Wildman–Crippen LogP) is 4.57. The number of fused-ring (bicyclic) bond motifs is 1. The van der Waals surface area contributed by atoms with Gasteiger partial charge in [-0.1, -0.05) is 41.9 Å². The van der Waals surface area contributed by atoms with Gasteiger partial charge >= 0.3 is 23.9 Å².